The van der Waals surface area contributed by atoms with Crippen LogP contribution in [0.5, 0.6) is 5.75 Å². The van der Waals surface area contributed by atoms with Crippen molar-refractivity contribution in [2.45, 2.75) is 26.2 Å². The average Bonchev–Trinajstić information content (AvgIpc) is 2.62. The van der Waals surface area contributed by atoms with Crippen LogP contribution >= 0.6 is 0 Å². The zero-order valence-electron chi connectivity index (χ0n) is 15.4. The van der Waals surface area contributed by atoms with Gasteiger partial charge in [-0.3, -0.25) is 0 Å². The minimum Gasteiger partial charge on any atom is -0.495 e. The van der Waals surface area contributed by atoms with E-state index in [1.54, 1.807) is 13.3 Å². The predicted octanol–water partition coefficient (Wildman–Crippen LogP) is 4.66. The Labute approximate surface area is 153 Å². The lowest BCUT2D eigenvalue weighted by Gasteiger charge is -2.19. The van der Waals surface area contributed by atoms with Gasteiger partial charge < -0.3 is 15.4 Å². The summed E-state index contributed by atoms with van der Waals surface area (Å²) in [5, 5.41) is 14.4. The van der Waals surface area contributed by atoms with Crippen molar-refractivity contribution in [3.05, 3.63) is 60.3 Å². The van der Waals surface area contributed by atoms with E-state index in [0.717, 1.165) is 17.1 Å². The van der Waals surface area contributed by atoms with E-state index in [0.29, 0.717) is 11.8 Å². The van der Waals surface area contributed by atoms with Crippen LogP contribution in [0.25, 0.3) is 0 Å². The standard InChI is InChI=1S/C20H23N5O/c1-20(2,3)14-9-11-15(12-10-14)22-19-24-18(13-21-25-19)23-16-7-5-6-8-17(16)26-4/h5-13H,1-4H3,(H2,22,23,24,25). The van der Waals surface area contributed by atoms with Gasteiger partial charge in [0.25, 0.3) is 0 Å². The number of rotatable bonds is 5. The summed E-state index contributed by atoms with van der Waals surface area (Å²) in [6, 6.07) is 15.9. The maximum absolute atomic E-state index is 5.34. The van der Waals surface area contributed by atoms with Crippen LogP contribution in [0.3, 0.4) is 0 Å². The van der Waals surface area contributed by atoms with Gasteiger partial charge in [0, 0.05) is 5.69 Å². The van der Waals surface area contributed by atoms with E-state index in [2.05, 4.69) is 58.7 Å². The molecule has 0 bridgehead atoms. The number of aromatic nitrogens is 3. The lowest BCUT2D eigenvalue weighted by molar-refractivity contribution is 0.417. The van der Waals surface area contributed by atoms with Gasteiger partial charge in [0.15, 0.2) is 5.82 Å². The van der Waals surface area contributed by atoms with E-state index in [9.17, 15) is 0 Å². The maximum atomic E-state index is 5.34. The Morgan fingerprint density at radius 3 is 2.35 bits per heavy atom. The smallest absolute Gasteiger partial charge is 0.249 e. The Hall–Kier alpha value is -3.15. The molecule has 1 heterocycles. The van der Waals surface area contributed by atoms with Crippen LogP contribution in [0.15, 0.2) is 54.7 Å². The Kier molecular flexibility index (Phi) is 5.02. The average molecular weight is 349 g/mol. The van der Waals surface area contributed by atoms with E-state index in [1.165, 1.54) is 5.56 Å². The molecule has 0 atom stereocenters. The van der Waals surface area contributed by atoms with E-state index in [-0.39, 0.29) is 5.41 Å². The molecular weight excluding hydrogens is 326 g/mol. The largest absolute Gasteiger partial charge is 0.495 e. The summed E-state index contributed by atoms with van der Waals surface area (Å²) in [5.41, 5.74) is 3.12. The molecule has 0 unspecified atom stereocenters. The summed E-state index contributed by atoms with van der Waals surface area (Å²) in [6.45, 7) is 6.57. The van der Waals surface area contributed by atoms with Gasteiger partial charge >= 0.3 is 0 Å². The molecule has 3 aromatic rings. The highest BCUT2D eigenvalue weighted by atomic mass is 16.5. The molecule has 0 amide bonds. The number of ether oxygens (including phenoxy) is 1. The van der Waals surface area contributed by atoms with E-state index >= 15 is 0 Å². The minimum absolute atomic E-state index is 0.120. The molecule has 0 fully saturated rings. The van der Waals surface area contributed by atoms with Gasteiger partial charge in [0.2, 0.25) is 5.95 Å². The summed E-state index contributed by atoms with van der Waals surface area (Å²) in [4.78, 5) is 4.46. The van der Waals surface area contributed by atoms with Crippen LogP contribution in [-0.2, 0) is 5.41 Å². The first-order valence-electron chi connectivity index (χ1n) is 8.43. The molecule has 6 heteroatoms. The lowest BCUT2D eigenvalue weighted by atomic mass is 9.87. The third kappa shape index (κ3) is 4.27. The molecule has 0 radical (unpaired) electrons. The minimum atomic E-state index is 0.120. The Morgan fingerprint density at radius 1 is 0.923 bits per heavy atom. The second kappa shape index (κ2) is 7.39. The Bertz CT molecular complexity index is 872. The van der Waals surface area contributed by atoms with E-state index < -0.39 is 0 Å². The molecule has 134 valence electrons. The Morgan fingerprint density at radius 2 is 1.65 bits per heavy atom. The molecule has 0 aliphatic carbocycles. The van der Waals surface area contributed by atoms with E-state index in [4.69, 9.17) is 4.74 Å². The van der Waals surface area contributed by atoms with Crippen molar-refractivity contribution in [2.75, 3.05) is 17.7 Å². The molecule has 3 rings (SSSR count). The first kappa shape index (κ1) is 17.7. The van der Waals surface area contributed by atoms with Crippen molar-refractivity contribution in [1.29, 1.82) is 0 Å². The molecule has 0 saturated heterocycles. The number of hydrogen-bond donors (Lipinski definition) is 2. The van der Waals surface area contributed by atoms with Gasteiger partial charge in [-0.15, -0.1) is 5.10 Å². The van der Waals surface area contributed by atoms with Crippen molar-refractivity contribution in [3.63, 3.8) is 0 Å². The zero-order chi connectivity index (χ0) is 18.6. The van der Waals surface area contributed by atoms with Crippen molar-refractivity contribution in [2.24, 2.45) is 0 Å². The summed E-state index contributed by atoms with van der Waals surface area (Å²) >= 11 is 0. The highest BCUT2D eigenvalue weighted by Crippen LogP contribution is 2.27. The first-order valence-corrected chi connectivity index (χ1v) is 8.43. The van der Waals surface area contributed by atoms with Crippen LogP contribution in [0.4, 0.5) is 23.1 Å². The summed E-state index contributed by atoms with van der Waals surface area (Å²) < 4.78 is 5.34. The molecule has 0 aliphatic heterocycles. The quantitative estimate of drug-likeness (QED) is 0.698. The van der Waals surface area contributed by atoms with Gasteiger partial charge in [-0.2, -0.15) is 10.1 Å². The number of nitrogens with one attached hydrogen (secondary N) is 2. The van der Waals surface area contributed by atoms with Crippen LogP contribution < -0.4 is 15.4 Å². The van der Waals surface area contributed by atoms with Crippen LogP contribution in [0.1, 0.15) is 26.3 Å². The van der Waals surface area contributed by atoms with Gasteiger partial charge in [-0.05, 0) is 35.2 Å². The normalized spacial score (nSPS) is 11.1. The molecule has 2 aromatic carbocycles. The van der Waals surface area contributed by atoms with Gasteiger partial charge in [0.1, 0.15) is 5.75 Å². The molecule has 2 N–H and O–H groups in total. The summed E-state index contributed by atoms with van der Waals surface area (Å²) in [7, 11) is 1.63. The summed E-state index contributed by atoms with van der Waals surface area (Å²) in [6.07, 6.45) is 1.57. The molecule has 6 nitrogen and oxygen atoms in total. The highest BCUT2D eigenvalue weighted by Gasteiger charge is 2.13. The molecule has 26 heavy (non-hydrogen) atoms. The van der Waals surface area contributed by atoms with Crippen LogP contribution in [0, 0.1) is 0 Å². The zero-order valence-corrected chi connectivity index (χ0v) is 15.4. The second-order valence-electron chi connectivity index (χ2n) is 6.94. The number of anilines is 4. The highest BCUT2D eigenvalue weighted by molar-refractivity contribution is 5.64. The number of benzene rings is 2. The van der Waals surface area contributed by atoms with Crippen molar-refractivity contribution in [3.8, 4) is 5.75 Å². The fourth-order valence-corrected chi connectivity index (χ4v) is 2.49. The SMILES string of the molecule is COc1ccccc1Nc1cnnc(Nc2ccc(C(C)(C)C)cc2)n1. The monoisotopic (exact) mass is 349 g/mol. The third-order valence-electron chi connectivity index (χ3n) is 3.94. The molecule has 0 spiro atoms. The number of hydrogen-bond acceptors (Lipinski definition) is 6. The second-order valence-corrected chi connectivity index (χ2v) is 6.94. The van der Waals surface area contributed by atoms with Gasteiger partial charge in [0.05, 0.1) is 19.0 Å². The van der Waals surface area contributed by atoms with E-state index in [1.807, 2.05) is 36.4 Å². The summed E-state index contributed by atoms with van der Waals surface area (Å²) in [5.74, 6) is 1.74. The van der Waals surface area contributed by atoms with Gasteiger partial charge in [-0.1, -0.05) is 45.0 Å². The van der Waals surface area contributed by atoms with Crippen molar-refractivity contribution in [1.82, 2.24) is 15.2 Å². The maximum Gasteiger partial charge on any atom is 0.249 e. The number of methoxy groups -OCH3 is 1. The Balaban J connectivity index is 1.75. The van der Waals surface area contributed by atoms with Crippen LogP contribution in [0.2, 0.25) is 0 Å². The predicted molar refractivity (Wildman–Crippen MR) is 105 cm³/mol. The first-order chi connectivity index (χ1) is 12.5. The number of nitrogens with zero attached hydrogens (tertiary/aromatic N) is 3. The van der Waals surface area contributed by atoms with Crippen molar-refractivity contribution < 1.29 is 4.74 Å². The molecule has 0 saturated carbocycles. The molecule has 1 aromatic heterocycles. The van der Waals surface area contributed by atoms with Gasteiger partial charge in [-0.25, -0.2) is 0 Å². The fourth-order valence-electron chi connectivity index (χ4n) is 2.49. The molecular formula is C20H23N5O. The van der Waals surface area contributed by atoms with Crippen molar-refractivity contribution >= 4 is 23.1 Å². The number of para-hydroxylation sites is 2. The third-order valence-corrected chi connectivity index (χ3v) is 3.94. The van der Waals surface area contributed by atoms with Crippen LogP contribution in [-0.4, -0.2) is 22.3 Å². The lowest BCUT2D eigenvalue weighted by Crippen LogP contribution is -2.10. The molecule has 0 aliphatic rings. The fraction of sp³-hybridized carbons (Fsp3) is 0.250. The topological polar surface area (TPSA) is 72.0 Å².